The van der Waals surface area contributed by atoms with E-state index in [1.54, 1.807) is 29.0 Å². The number of thiophene rings is 1. The van der Waals surface area contributed by atoms with Crippen LogP contribution in [-0.2, 0) is 4.74 Å². The zero-order valence-electron chi connectivity index (χ0n) is 11.5. The molecule has 1 atom stereocenters. The first-order valence-electron chi connectivity index (χ1n) is 6.78. The van der Waals surface area contributed by atoms with Crippen LogP contribution in [0.1, 0.15) is 16.8 Å². The number of aryl methyl sites for hydroxylation is 1. The summed E-state index contributed by atoms with van der Waals surface area (Å²) in [6.45, 7) is 4.34. The zero-order valence-corrected chi connectivity index (χ0v) is 13.2. The van der Waals surface area contributed by atoms with Crippen LogP contribution in [0.15, 0.2) is 23.2 Å². The van der Waals surface area contributed by atoms with E-state index in [9.17, 15) is 0 Å². The summed E-state index contributed by atoms with van der Waals surface area (Å²) in [7, 11) is 0. The molecule has 4 heterocycles. The van der Waals surface area contributed by atoms with Crippen LogP contribution >= 0.6 is 22.7 Å². The van der Waals surface area contributed by atoms with Gasteiger partial charge in [0.25, 0.3) is 0 Å². The van der Waals surface area contributed by atoms with Gasteiger partial charge in [-0.3, -0.25) is 0 Å². The first-order chi connectivity index (χ1) is 10.3. The molecule has 5 nitrogen and oxygen atoms in total. The van der Waals surface area contributed by atoms with Gasteiger partial charge in [-0.1, -0.05) is 0 Å². The van der Waals surface area contributed by atoms with Crippen LogP contribution in [0.2, 0.25) is 0 Å². The zero-order chi connectivity index (χ0) is 14.2. The largest absolute Gasteiger partial charge is 0.367 e. The Labute approximate surface area is 130 Å². The number of rotatable bonds is 2. The van der Waals surface area contributed by atoms with E-state index in [2.05, 4.69) is 36.7 Å². The van der Waals surface area contributed by atoms with Crippen molar-refractivity contribution in [2.75, 3.05) is 24.6 Å². The molecule has 1 aliphatic heterocycles. The summed E-state index contributed by atoms with van der Waals surface area (Å²) in [6.07, 6.45) is 1.67. The fraction of sp³-hybridized carbons (Fsp3) is 0.357. The van der Waals surface area contributed by atoms with Gasteiger partial charge in [0.2, 0.25) is 0 Å². The molecule has 0 N–H and O–H groups in total. The molecule has 0 amide bonds. The van der Waals surface area contributed by atoms with Crippen LogP contribution in [0.4, 0.5) is 5.82 Å². The number of thiazole rings is 1. The number of morpholine rings is 1. The van der Waals surface area contributed by atoms with Crippen molar-refractivity contribution in [1.29, 1.82) is 0 Å². The highest BCUT2D eigenvalue weighted by molar-refractivity contribution is 7.16. The molecule has 0 saturated carbocycles. The molecule has 0 aromatic carbocycles. The van der Waals surface area contributed by atoms with Gasteiger partial charge >= 0.3 is 0 Å². The molecule has 108 valence electrons. The lowest BCUT2D eigenvalue weighted by Gasteiger charge is -2.33. The lowest BCUT2D eigenvalue weighted by atomic mass is 10.2. The van der Waals surface area contributed by atoms with Gasteiger partial charge in [-0.15, -0.1) is 22.7 Å². The standard InChI is InChI=1S/C14H14N4OS2/c1-9-7-21-14(17-9)11-6-18(3-4-19-11)12-10-2-5-20-13(10)16-8-15-12/h2,5,7-8,11H,3-4,6H2,1H3. The molecule has 1 saturated heterocycles. The Morgan fingerprint density at radius 3 is 3.14 bits per heavy atom. The molecule has 1 fully saturated rings. The van der Waals surface area contributed by atoms with Crippen molar-refractivity contribution in [3.05, 3.63) is 33.9 Å². The highest BCUT2D eigenvalue weighted by Crippen LogP contribution is 2.31. The second-order valence-electron chi connectivity index (χ2n) is 4.97. The fourth-order valence-corrected chi connectivity index (χ4v) is 4.10. The molecule has 21 heavy (non-hydrogen) atoms. The summed E-state index contributed by atoms with van der Waals surface area (Å²) in [5.74, 6) is 1.00. The van der Waals surface area contributed by atoms with E-state index >= 15 is 0 Å². The van der Waals surface area contributed by atoms with E-state index in [1.807, 2.05) is 6.92 Å². The SMILES string of the molecule is Cc1csc(C2CN(c3ncnc4sccc34)CCO2)n1. The van der Waals surface area contributed by atoms with Crippen molar-refractivity contribution < 1.29 is 4.74 Å². The van der Waals surface area contributed by atoms with Crippen molar-refractivity contribution in [3.63, 3.8) is 0 Å². The molecule has 0 bridgehead atoms. The lowest BCUT2D eigenvalue weighted by molar-refractivity contribution is 0.0394. The highest BCUT2D eigenvalue weighted by Gasteiger charge is 2.26. The van der Waals surface area contributed by atoms with E-state index in [0.29, 0.717) is 6.61 Å². The molecular formula is C14H14N4OS2. The Bertz CT molecular complexity index is 769. The van der Waals surface area contributed by atoms with Gasteiger partial charge in [-0.25, -0.2) is 15.0 Å². The number of ether oxygens (including phenoxy) is 1. The summed E-state index contributed by atoms with van der Waals surface area (Å²) in [5.41, 5.74) is 1.05. The molecule has 4 rings (SSSR count). The summed E-state index contributed by atoms with van der Waals surface area (Å²) in [5, 5.41) is 6.30. The van der Waals surface area contributed by atoms with Crippen LogP contribution in [0.5, 0.6) is 0 Å². The second kappa shape index (κ2) is 5.32. The number of anilines is 1. The van der Waals surface area contributed by atoms with Gasteiger partial charge in [-0.2, -0.15) is 0 Å². The first kappa shape index (κ1) is 13.1. The molecule has 1 unspecified atom stereocenters. The number of fused-ring (bicyclic) bond motifs is 1. The first-order valence-corrected chi connectivity index (χ1v) is 8.54. The minimum atomic E-state index is 0.0288. The summed E-state index contributed by atoms with van der Waals surface area (Å²) >= 11 is 3.31. The number of hydrogen-bond acceptors (Lipinski definition) is 7. The molecule has 0 aliphatic carbocycles. The van der Waals surface area contributed by atoms with E-state index in [0.717, 1.165) is 39.8 Å². The third-order valence-electron chi connectivity index (χ3n) is 3.52. The average Bonchev–Trinajstić information content (AvgIpc) is 3.15. The molecule has 7 heteroatoms. The second-order valence-corrected chi connectivity index (χ2v) is 6.75. The Morgan fingerprint density at radius 2 is 2.29 bits per heavy atom. The number of hydrogen-bond donors (Lipinski definition) is 0. The van der Waals surface area contributed by atoms with Gasteiger partial charge in [0.05, 0.1) is 18.5 Å². The van der Waals surface area contributed by atoms with Crippen molar-refractivity contribution in [2.45, 2.75) is 13.0 Å². The highest BCUT2D eigenvalue weighted by atomic mass is 32.1. The Balaban J connectivity index is 1.65. The van der Waals surface area contributed by atoms with Crippen molar-refractivity contribution >= 4 is 38.7 Å². The average molecular weight is 318 g/mol. The van der Waals surface area contributed by atoms with Crippen molar-refractivity contribution in [2.24, 2.45) is 0 Å². The normalized spacial score (nSPS) is 19.3. The van der Waals surface area contributed by atoms with Gasteiger partial charge in [0, 0.05) is 17.6 Å². The third kappa shape index (κ3) is 2.41. The van der Waals surface area contributed by atoms with Gasteiger partial charge < -0.3 is 9.64 Å². The number of nitrogens with zero attached hydrogens (tertiary/aromatic N) is 4. The van der Waals surface area contributed by atoms with E-state index in [1.165, 1.54) is 0 Å². The molecule has 0 radical (unpaired) electrons. The Kier molecular flexibility index (Phi) is 3.33. The Hall–Kier alpha value is -1.57. The smallest absolute Gasteiger partial charge is 0.140 e. The maximum Gasteiger partial charge on any atom is 0.140 e. The minimum absolute atomic E-state index is 0.0288. The van der Waals surface area contributed by atoms with Crippen LogP contribution in [0.3, 0.4) is 0 Å². The predicted octanol–water partition coefficient (Wildman–Crippen LogP) is 3.03. The molecule has 0 spiro atoms. The van der Waals surface area contributed by atoms with Crippen molar-refractivity contribution in [3.8, 4) is 0 Å². The monoisotopic (exact) mass is 318 g/mol. The summed E-state index contributed by atoms with van der Waals surface area (Å²) in [4.78, 5) is 16.7. The van der Waals surface area contributed by atoms with E-state index in [4.69, 9.17) is 4.74 Å². The van der Waals surface area contributed by atoms with E-state index < -0.39 is 0 Å². The topological polar surface area (TPSA) is 51.1 Å². The van der Waals surface area contributed by atoms with Crippen LogP contribution in [0, 0.1) is 6.92 Å². The fourth-order valence-electron chi connectivity index (χ4n) is 2.54. The molecule has 3 aromatic rings. The molecule has 1 aliphatic rings. The third-order valence-corrected chi connectivity index (χ3v) is 5.39. The minimum Gasteiger partial charge on any atom is -0.367 e. The van der Waals surface area contributed by atoms with Gasteiger partial charge in [0.1, 0.15) is 28.1 Å². The quantitative estimate of drug-likeness (QED) is 0.727. The molecule has 3 aromatic heterocycles. The van der Waals surface area contributed by atoms with Gasteiger partial charge in [0.15, 0.2) is 0 Å². The maximum absolute atomic E-state index is 5.89. The summed E-state index contributed by atoms with van der Waals surface area (Å²) in [6, 6.07) is 2.09. The van der Waals surface area contributed by atoms with Crippen LogP contribution in [-0.4, -0.2) is 34.6 Å². The maximum atomic E-state index is 5.89. The van der Waals surface area contributed by atoms with Crippen LogP contribution in [0.25, 0.3) is 10.2 Å². The number of aromatic nitrogens is 3. The van der Waals surface area contributed by atoms with E-state index in [-0.39, 0.29) is 6.10 Å². The predicted molar refractivity (Wildman–Crippen MR) is 85.2 cm³/mol. The van der Waals surface area contributed by atoms with Crippen molar-refractivity contribution in [1.82, 2.24) is 15.0 Å². The summed E-state index contributed by atoms with van der Waals surface area (Å²) < 4.78 is 5.89. The Morgan fingerprint density at radius 1 is 1.33 bits per heavy atom. The lowest BCUT2D eigenvalue weighted by Crippen LogP contribution is -2.39. The van der Waals surface area contributed by atoms with Gasteiger partial charge in [-0.05, 0) is 18.4 Å². The molecular weight excluding hydrogens is 304 g/mol. The van der Waals surface area contributed by atoms with Crippen LogP contribution < -0.4 is 4.90 Å².